The summed E-state index contributed by atoms with van der Waals surface area (Å²) in [4.78, 5) is 13.8. The predicted molar refractivity (Wildman–Crippen MR) is 88.3 cm³/mol. The molecule has 21 heavy (non-hydrogen) atoms. The molecule has 0 saturated carbocycles. The zero-order valence-electron chi connectivity index (χ0n) is 13.7. The van der Waals surface area contributed by atoms with Crippen LogP contribution >= 0.6 is 0 Å². The topological polar surface area (TPSA) is 20.3 Å². The zero-order valence-corrected chi connectivity index (χ0v) is 13.7. The average molecular weight is 285 g/mol. The van der Waals surface area contributed by atoms with E-state index in [1.165, 1.54) is 11.1 Å². The Bertz CT molecular complexity index is 507. The summed E-state index contributed by atoms with van der Waals surface area (Å²) < 4.78 is 0. The molecule has 1 saturated heterocycles. The second-order valence-corrected chi connectivity index (χ2v) is 6.90. The van der Waals surface area contributed by atoms with E-state index in [4.69, 9.17) is 0 Å². The van der Waals surface area contributed by atoms with Crippen LogP contribution in [0.25, 0.3) is 0 Å². The summed E-state index contributed by atoms with van der Waals surface area (Å²) in [6.07, 6.45) is 7.19. The van der Waals surface area contributed by atoms with Crippen molar-refractivity contribution in [2.24, 2.45) is 0 Å². The molecule has 1 heterocycles. The average Bonchev–Trinajstić information content (AvgIpc) is 2.43. The third-order valence-corrected chi connectivity index (χ3v) is 4.15. The van der Waals surface area contributed by atoms with Gasteiger partial charge >= 0.3 is 0 Å². The lowest BCUT2D eigenvalue weighted by Crippen LogP contribution is -2.46. The van der Waals surface area contributed by atoms with E-state index in [1.54, 1.807) is 0 Å². The fourth-order valence-corrected chi connectivity index (χ4v) is 2.66. The second kappa shape index (κ2) is 6.46. The number of nitrogens with zero attached hydrogens (tertiary/aromatic N) is 1. The first-order chi connectivity index (χ1) is 9.93. The first-order valence-corrected chi connectivity index (χ1v) is 7.98. The summed E-state index contributed by atoms with van der Waals surface area (Å²) in [6.45, 7) is 9.57. The van der Waals surface area contributed by atoms with Crippen LogP contribution in [0.5, 0.6) is 0 Å². The summed E-state index contributed by atoms with van der Waals surface area (Å²) >= 11 is 0. The lowest BCUT2D eigenvalue weighted by molar-refractivity contribution is -0.145. The maximum absolute atomic E-state index is 11.8. The van der Waals surface area contributed by atoms with Crippen molar-refractivity contribution in [1.29, 1.82) is 0 Å². The smallest absolute Gasteiger partial charge is 0.225 e. The number of β-lactam (4-membered cyclic amide) rings is 1. The number of rotatable bonds is 5. The number of carbonyl (C=O) groups is 1. The predicted octanol–water partition coefficient (Wildman–Crippen LogP) is 4.61. The molecule has 1 aromatic carbocycles. The molecule has 114 valence electrons. The van der Waals surface area contributed by atoms with Gasteiger partial charge in [-0.3, -0.25) is 4.79 Å². The van der Waals surface area contributed by atoms with Crippen molar-refractivity contribution in [1.82, 2.24) is 4.90 Å². The van der Waals surface area contributed by atoms with Crippen molar-refractivity contribution in [2.75, 3.05) is 6.54 Å². The van der Waals surface area contributed by atoms with Gasteiger partial charge in [-0.2, -0.15) is 0 Å². The minimum absolute atomic E-state index is 0.177. The number of hydrogen-bond donors (Lipinski definition) is 0. The SMILES string of the molecule is CCCC=CCN1C(=O)C[C@@H]1c1ccc(C(C)(C)C)cc1. The summed E-state index contributed by atoms with van der Waals surface area (Å²) in [6, 6.07) is 9.02. The minimum atomic E-state index is 0.177. The summed E-state index contributed by atoms with van der Waals surface area (Å²) in [5.74, 6) is 0.265. The van der Waals surface area contributed by atoms with Crippen molar-refractivity contribution >= 4 is 5.91 Å². The van der Waals surface area contributed by atoms with E-state index in [0.29, 0.717) is 6.42 Å². The number of allylic oxidation sites excluding steroid dienone is 1. The van der Waals surface area contributed by atoms with Gasteiger partial charge in [-0.15, -0.1) is 0 Å². The fourth-order valence-electron chi connectivity index (χ4n) is 2.66. The Morgan fingerprint density at radius 3 is 2.38 bits per heavy atom. The molecule has 1 aliphatic rings. The van der Waals surface area contributed by atoms with E-state index in [-0.39, 0.29) is 17.4 Å². The number of unbranched alkanes of at least 4 members (excludes halogenated alkanes) is 1. The highest BCUT2D eigenvalue weighted by atomic mass is 16.2. The molecule has 0 radical (unpaired) electrons. The molecule has 1 aliphatic heterocycles. The molecule has 0 unspecified atom stereocenters. The first kappa shape index (κ1) is 15.8. The Hall–Kier alpha value is -1.57. The van der Waals surface area contributed by atoms with Gasteiger partial charge in [0.15, 0.2) is 0 Å². The Morgan fingerprint density at radius 2 is 1.86 bits per heavy atom. The standard InChI is InChI=1S/C19H27NO/c1-5-6-7-8-13-20-17(14-18(20)21)15-9-11-16(12-10-15)19(2,3)4/h7-12,17H,5-6,13-14H2,1-4H3/t17-/m1/s1. The van der Waals surface area contributed by atoms with Gasteiger partial charge in [0, 0.05) is 6.54 Å². The molecule has 2 heteroatoms. The van der Waals surface area contributed by atoms with E-state index < -0.39 is 0 Å². The van der Waals surface area contributed by atoms with Crippen LogP contribution in [0.2, 0.25) is 0 Å². The van der Waals surface area contributed by atoms with Crippen LogP contribution in [0.1, 0.15) is 64.1 Å². The molecule has 0 aromatic heterocycles. The molecular weight excluding hydrogens is 258 g/mol. The van der Waals surface area contributed by atoms with E-state index >= 15 is 0 Å². The normalized spacial score (nSPS) is 19.1. The van der Waals surface area contributed by atoms with Crippen LogP contribution in [0, 0.1) is 0 Å². The van der Waals surface area contributed by atoms with Gasteiger partial charge in [0.25, 0.3) is 0 Å². The molecule has 1 fully saturated rings. The van der Waals surface area contributed by atoms with Crippen molar-refractivity contribution in [2.45, 2.75) is 58.4 Å². The Kier molecular flexibility index (Phi) is 4.87. The van der Waals surface area contributed by atoms with Crippen LogP contribution in [-0.4, -0.2) is 17.4 Å². The molecule has 0 aliphatic carbocycles. The highest BCUT2D eigenvalue weighted by Crippen LogP contribution is 2.35. The number of likely N-dealkylation sites (tertiary alicyclic amines) is 1. The highest BCUT2D eigenvalue weighted by molar-refractivity contribution is 5.83. The van der Waals surface area contributed by atoms with Gasteiger partial charge in [0.2, 0.25) is 5.91 Å². The summed E-state index contributed by atoms with van der Waals surface area (Å²) in [7, 11) is 0. The molecule has 0 N–H and O–H groups in total. The van der Waals surface area contributed by atoms with Crippen LogP contribution in [0.4, 0.5) is 0 Å². The molecule has 1 atom stereocenters. The number of hydrogen-bond acceptors (Lipinski definition) is 1. The quantitative estimate of drug-likeness (QED) is 0.571. The van der Waals surface area contributed by atoms with Crippen LogP contribution in [0.15, 0.2) is 36.4 Å². The molecule has 2 nitrogen and oxygen atoms in total. The Balaban J connectivity index is 2.02. The number of benzene rings is 1. The maximum atomic E-state index is 11.8. The summed E-state index contributed by atoms with van der Waals surface area (Å²) in [5, 5.41) is 0. The summed E-state index contributed by atoms with van der Waals surface area (Å²) in [5.41, 5.74) is 2.77. The zero-order chi connectivity index (χ0) is 15.5. The van der Waals surface area contributed by atoms with Gasteiger partial charge in [0.05, 0.1) is 12.5 Å². The van der Waals surface area contributed by atoms with E-state index in [2.05, 4.69) is 64.1 Å². The second-order valence-electron chi connectivity index (χ2n) is 6.90. The van der Waals surface area contributed by atoms with Gasteiger partial charge in [-0.1, -0.05) is 70.5 Å². The van der Waals surface area contributed by atoms with E-state index in [1.807, 2.05) is 4.90 Å². The van der Waals surface area contributed by atoms with Crippen molar-refractivity contribution < 1.29 is 4.79 Å². The largest absolute Gasteiger partial charge is 0.331 e. The third kappa shape index (κ3) is 3.75. The monoisotopic (exact) mass is 285 g/mol. The van der Waals surface area contributed by atoms with E-state index in [0.717, 1.165) is 19.4 Å². The maximum Gasteiger partial charge on any atom is 0.225 e. The molecule has 0 spiro atoms. The number of carbonyl (C=O) groups excluding carboxylic acids is 1. The molecule has 0 bridgehead atoms. The van der Waals surface area contributed by atoms with Gasteiger partial charge < -0.3 is 4.90 Å². The van der Waals surface area contributed by atoms with Crippen LogP contribution in [0.3, 0.4) is 0 Å². The van der Waals surface area contributed by atoms with Crippen molar-refractivity contribution in [3.05, 3.63) is 47.5 Å². The Morgan fingerprint density at radius 1 is 1.19 bits per heavy atom. The molecule has 1 amide bonds. The highest BCUT2D eigenvalue weighted by Gasteiger charge is 2.36. The molecule has 2 rings (SSSR count). The number of amides is 1. The molecule has 1 aromatic rings. The van der Waals surface area contributed by atoms with E-state index in [9.17, 15) is 4.79 Å². The van der Waals surface area contributed by atoms with Crippen LogP contribution < -0.4 is 0 Å². The molecular formula is C19H27NO. The van der Waals surface area contributed by atoms with Crippen LogP contribution in [-0.2, 0) is 10.2 Å². The first-order valence-electron chi connectivity index (χ1n) is 7.98. The van der Waals surface area contributed by atoms with Crippen molar-refractivity contribution in [3.63, 3.8) is 0 Å². The fraction of sp³-hybridized carbons (Fsp3) is 0.526. The lowest BCUT2D eigenvalue weighted by Gasteiger charge is -2.40. The third-order valence-electron chi connectivity index (χ3n) is 4.15. The van der Waals surface area contributed by atoms with Gasteiger partial charge in [0.1, 0.15) is 0 Å². The van der Waals surface area contributed by atoms with Gasteiger partial charge in [-0.25, -0.2) is 0 Å². The Labute approximate surface area is 128 Å². The van der Waals surface area contributed by atoms with Gasteiger partial charge in [-0.05, 0) is 23.0 Å². The van der Waals surface area contributed by atoms with Crippen molar-refractivity contribution in [3.8, 4) is 0 Å². The lowest BCUT2D eigenvalue weighted by atomic mass is 9.85. The minimum Gasteiger partial charge on any atom is -0.331 e.